The average molecular weight is 1120 g/mol. The van der Waals surface area contributed by atoms with E-state index in [1.807, 2.05) is 0 Å². The molecule has 30 aromatic carbocycles. The Morgan fingerprint density at radius 1 is 0.247 bits per heavy atom. The summed E-state index contributed by atoms with van der Waals surface area (Å²) in [6.45, 7) is 13.6. The number of carbonyl (C=O) groups excluding carboxylic acids is 2. The third-order valence-electron chi connectivity index (χ3n) is 29.4. The summed E-state index contributed by atoms with van der Waals surface area (Å²) in [5, 5.41) is 79.4. The molecule has 5 aliphatic carbocycles. The SMILES string of the molecule is CC(C)(C)c1ccc(COC(=O)C2(C(=O)OCc3ccc(C(C)(C)C)cc3)C34c5c6c7c8c9c%10c(c%11c%12c3c3c5c5c%13c6c6c7c7c9c9c%14c%10c%10c%11c%11c%12c%12c3c3c5c5c%13c%13c6c6c7c9c7c9c%14c%10c%10c%11c%11c%12c3c3c5c5c%13c6c7c6c9c%10c%11c3c56)C824)cc1. The zero-order valence-corrected chi connectivity index (χ0v) is 48.2. The molecule has 0 N–H and O–H groups in total. The fraction of sp³-hybridized carbons (Fsp3) is 0.153. The van der Waals surface area contributed by atoms with Crippen molar-refractivity contribution < 1.29 is 19.1 Å². The van der Waals surface area contributed by atoms with Crippen molar-refractivity contribution in [1.29, 1.82) is 0 Å². The largest absolute Gasteiger partial charge is 0.460 e. The minimum Gasteiger partial charge on any atom is -0.460 e. The van der Waals surface area contributed by atoms with Gasteiger partial charge in [-0.3, -0.25) is 9.59 Å². The van der Waals surface area contributed by atoms with Gasteiger partial charge in [-0.05, 0) is 346 Å². The van der Waals surface area contributed by atoms with E-state index in [1.54, 1.807) is 53.9 Å². The first-order chi connectivity index (χ1) is 43.4. The summed E-state index contributed by atoms with van der Waals surface area (Å²) in [5.41, 5.74) is 5.05. The van der Waals surface area contributed by atoms with Gasteiger partial charge in [0.1, 0.15) is 13.2 Å². The van der Waals surface area contributed by atoms with Gasteiger partial charge in [-0.2, -0.15) is 0 Å². The fourth-order valence-corrected chi connectivity index (χ4v) is 28.0. The van der Waals surface area contributed by atoms with Crippen molar-refractivity contribution in [2.45, 2.75) is 76.4 Å². The summed E-state index contributed by atoms with van der Waals surface area (Å²) >= 11 is 0. The molecule has 0 atom stereocenters. The molecule has 0 heterocycles. The van der Waals surface area contributed by atoms with Crippen molar-refractivity contribution in [2.24, 2.45) is 5.41 Å². The van der Waals surface area contributed by atoms with E-state index in [0.29, 0.717) is 0 Å². The molecule has 1 fully saturated rings. The van der Waals surface area contributed by atoms with E-state index in [-0.39, 0.29) is 24.0 Å². The predicted octanol–water partition coefficient (Wildman–Crippen LogP) is 21.4. The van der Waals surface area contributed by atoms with Gasteiger partial charge in [-0.15, -0.1) is 0 Å². The molecule has 0 saturated heterocycles. The van der Waals surface area contributed by atoms with Gasteiger partial charge in [0.05, 0.1) is 10.8 Å². The number of esters is 2. The maximum absolute atomic E-state index is 17.9. The van der Waals surface area contributed by atoms with Crippen LogP contribution in [-0.2, 0) is 53.9 Å². The second-order valence-corrected chi connectivity index (χ2v) is 33.0. The van der Waals surface area contributed by atoms with Crippen LogP contribution in [0.4, 0.5) is 0 Å². The van der Waals surface area contributed by atoms with Gasteiger partial charge >= 0.3 is 11.9 Å². The first kappa shape index (κ1) is 38.2. The summed E-state index contributed by atoms with van der Waals surface area (Å²) in [6.07, 6.45) is 0. The quantitative estimate of drug-likeness (QED) is 0.0946. The Labute approximate surface area is 493 Å². The first-order valence-corrected chi connectivity index (χ1v) is 32.7. The van der Waals surface area contributed by atoms with Crippen LogP contribution in [0.15, 0.2) is 48.5 Å². The number of hydrogen-bond acceptors (Lipinski definition) is 4. The lowest BCUT2D eigenvalue weighted by Crippen LogP contribution is -2.38. The van der Waals surface area contributed by atoms with E-state index in [2.05, 4.69) is 90.1 Å². The Morgan fingerprint density at radius 3 is 0.539 bits per heavy atom. The maximum atomic E-state index is 17.9. The van der Waals surface area contributed by atoms with Crippen molar-refractivity contribution in [1.82, 2.24) is 0 Å². The van der Waals surface area contributed by atoms with Gasteiger partial charge < -0.3 is 9.47 Å². The molecule has 0 aromatic heterocycles. The van der Waals surface area contributed by atoms with Crippen molar-refractivity contribution in [2.75, 3.05) is 0 Å². The van der Waals surface area contributed by atoms with E-state index < -0.39 is 28.2 Å². The van der Waals surface area contributed by atoms with Crippen LogP contribution in [0.2, 0.25) is 0 Å². The van der Waals surface area contributed by atoms with Gasteiger partial charge in [0, 0.05) is 0 Å². The molecule has 0 unspecified atom stereocenters. The van der Waals surface area contributed by atoms with Crippen LogP contribution in [0, 0.1) is 5.41 Å². The molecule has 30 aromatic rings. The van der Waals surface area contributed by atoms with Crippen LogP contribution in [0.3, 0.4) is 0 Å². The van der Waals surface area contributed by atoms with E-state index in [4.69, 9.17) is 9.47 Å². The molecule has 2 spiro atoms. The van der Waals surface area contributed by atoms with Crippen LogP contribution in [0.25, 0.3) is 291 Å². The smallest absolute Gasteiger partial charge is 0.326 e. The molecule has 0 amide bonds. The van der Waals surface area contributed by atoms with Gasteiger partial charge in [0.15, 0.2) is 5.41 Å². The summed E-state index contributed by atoms with van der Waals surface area (Å²) < 4.78 is 14.6. The van der Waals surface area contributed by atoms with Gasteiger partial charge in [-0.1, -0.05) is 90.1 Å². The Morgan fingerprint density at radius 2 is 0.393 bits per heavy atom. The standard InChI is InChI=1S/C85H30O4/c1-81(2,3)19-11-7-17(8-12-19)15-88-79(86)85(80(87)89-16-18-9-13-20(14-10-18)82(4,5)6)83-75-67-59-49-39-31-23-21-22-25-29-27(23)35-43-37(29)47-41-33(25)34-26(22)30-28-24(21)32(31)40-46-36(28)44-38(30)48-42(34)52-51(41)61-55(47)65-57(43)63(53(59)45(35)39)71(75)73(65)77-69(61)70-62(52)56(48)66-58(44)64-54(46)60(50(40)49)68(67)76(83)72(64)74(66)78(70)84(77,83)85/h7-14H,15-16H2,1-6H3. The lowest BCUT2D eigenvalue weighted by molar-refractivity contribution is -0.168. The lowest BCUT2D eigenvalue weighted by atomic mass is 9.68. The summed E-state index contributed by atoms with van der Waals surface area (Å²) in [4.78, 5) is 35.8. The fourth-order valence-electron chi connectivity index (χ4n) is 28.0. The van der Waals surface area contributed by atoms with Crippen molar-refractivity contribution in [3.63, 3.8) is 0 Å². The van der Waals surface area contributed by atoms with Crippen molar-refractivity contribution in [3.8, 4) is 0 Å². The highest BCUT2D eigenvalue weighted by molar-refractivity contribution is 6.82. The summed E-state index contributed by atoms with van der Waals surface area (Å²) in [5.74, 6) is -0.860. The van der Waals surface area contributed by atoms with E-state index >= 15 is 9.59 Å². The minimum atomic E-state index is -1.83. The Kier molecular flexibility index (Phi) is 3.94. The molecule has 4 heteroatoms. The molecular formula is C85H30O4. The zero-order chi connectivity index (χ0) is 55.9. The second-order valence-electron chi connectivity index (χ2n) is 33.0. The molecule has 89 heavy (non-hydrogen) atoms. The lowest BCUT2D eigenvalue weighted by Gasteiger charge is -2.32. The topological polar surface area (TPSA) is 52.6 Å². The number of ether oxygens (including phenoxy) is 2. The highest BCUT2D eigenvalue weighted by atomic mass is 16.6. The number of rotatable bonds is 6. The van der Waals surface area contributed by atoms with Crippen LogP contribution in [0.5, 0.6) is 0 Å². The summed E-state index contributed by atoms with van der Waals surface area (Å²) in [7, 11) is 0. The molecule has 1 saturated carbocycles. The number of benzene rings is 20. The number of carbonyl (C=O) groups is 2. The third-order valence-corrected chi connectivity index (χ3v) is 29.4. The van der Waals surface area contributed by atoms with Gasteiger partial charge in [-0.25, -0.2) is 0 Å². The molecule has 5 aliphatic rings. The van der Waals surface area contributed by atoms with Gasteiger partial charge in [0.2, 0.25) is 0 Å². The normalized spacial score (nSPS) is 18.7. The van der Waals surface area contributed by atoms with Crippen LogP contribution in [-0.4, -0.2) is 11.9 Å². The molecule has 0 radical (unpaired) electrons. The van der Waals surface area contributed by atoms with Crippen molar-refractivity contribution >= 4 is 303 Å². The Balaban J connectivity index is 0.886. The molecule has 0 bridgehead atoms. The van der Waals surface area contributed by atoms with Crippen LogP contribution in [0.1, 0.15) is 86.1 Å². The Hall–Kier alpha value is -10.2. The molecule has 394 valence electrons. The Bertz CT molecular complexity index is 7720. The monoisotopic (exact) mass is 1110 g/mol. The van der Waals surface area contributed by atoms with Crippen LogP contribution >= 0.6 is 0 Å². The molecular weight excluding hydrogens is 1080 g/mol. The zero-order valence-electron chi connectivity index (χ0n) is 48.2. The van der Waals surface area contributed by atoms with Gasteiger partial charge in [0.25, 0.3) is 0 Å². The predicted molar refractivity (Wildman–Crippen MR) is 366 cm³/mol. The van der Waals surface area contributed by atoms with E-state index in [0.717, 1.165) is 11.1 Å². The van der Waals surface area contributed by atoms with Crippen LogP contribution < -0.4 is 0 Å². The summed E-state index contributed by atoms with van der Waals surface area (Å²) in [6, 6.07) is 17.3. The van der Waals surface area contributed by atoms with Crippen molar-refractivity contribution in [3.05, 3.63) is 93.0 Å². The first-order valence-electron chi connectivity index (χ1n) is 32.7. The highest BCUT2D eigenvalue weighted by Crippen LogP contribution is 2.96. The van der Waals surface area contributed by atoms with E-state index in [1.165, 1.54) is 270 Å². The third kappa shape index (κ3) is 2.39. The maximum Gasteiger partial charge on any atom is 0.326 e. The average Bonchev–Trinajstić information content (AvgIpc) is 1.35. The molecule has 35 rings (SSSR count). The second kappa shape index (κ2) is 9.17. The minimum absolute atomic E-state index is 0.0450. The highest BCUT2D eigenvalue weighted by Gasteiger charge is 3.01. The van der Waals surface area contributed by atoms with E-state index in [9.17, 15) is 0 Å². The molecule has 4 nitrogen and oxygen atoms in total. The number of hydrogen-bond donors (Lipinski definition) is 0. The molecule has 0 aliphatic heterocycles.